The van der Waals surface area contributed by atoms with Gasteiger partial charge < -0.3 is 9.69 Å². The molecule has 3 heteroatoms. The molecule has 0 aliphatic carbocycles. The predicted molar refractivity (Wildman–Crippen MR) is 98.3 cm³/mol. The van der Waals surface area contributed by atoms with E-state index in [1.807, 2.05) is 4.90 Å². The first-order valence-electron chi connectivity index (χ1n) is 9.14. The summed E-state index contributed by atoms with van der Waals surface area (Å²) in [6.07, 6.45) is 5.64. The van der Waals surface area contributed by atoms with Crippen LogP contribution in [-0.4, -0.2) is 29.2 Å². The van der Waals surface area contributed by atoms with Crippen LogP contribution in [0.3, 0.4) is 0 Å². The fraction of sp³-hybridized carbons (Fsp3) is 0.800. The molecular weight excluding hydrogens is 286 g/mol. The number of Topliss-reactive ketones (excluding diaryl/α,β-unsaturated/α-hetero) is 1. The van der Waals surface area contributed by atoms with E-state index >= 15 is 0 Å². The van der Waals surface area contributed by atoms with Crippen LogP contribution in [0.5, 0.6) is 0 Å². The van der Waals surface area contributed by atoms with Crippen molar-refractivity contribution in [3.05, 3.63) is 12.7 Å². The second kappa shape index (κ2) is 11.4. The smallest absolute Gasteiger partial charge is 0.223 e. The van der Waals surface area contributed by atoms with Gasteiger partial charge in [0, 0.05) is 25.4 Å². The minimum absolute atomic E-state index is 0.210. The third-order valence-electron chi connectivity index (χ3n) is 5.17. The van der Waals surface area contributed by atoms with Gasteiger partial charge >= 0.3 is 0 Å². The van der Waals surface area contributed by atoms with Crippen LogP contribution in [0.4, 0.5) is 0 Å². The summed E-state index contributed by atoms with van der Waals surface area (Å²) < 4.78 is 0. The van der Waals surface area contributed by atoms with Crippen molar-refractivity contribution in [3.63, 3.8) is 0 Å². The first kappa shape index (κ1) is 21.9. The molecule has 0 N–H and O–H groups in total. The molecule has 0 rings (SSSR count). The van der Waals surface area contributed by atoms with E-state index in [4.69, 9.17) is 0 Å². The van der Waals surface area contributed by atoms with Crippen LogP contribution < -0.4 is 0 Å². The molecule has 0 bridgehead atoms. The van der Waals surface area contributed by atoms with Crippen LogP contribution in [0.25, 0.3) is 0 Å². The van der Waals surface area contributed by atoms with E-state index in [0.717, 1.165) is 25.8 Å². The summed E-state index contributed by atoms with van der Waals surface area (Å²) in [5, 5.41) is 0. The van der Waals surface area contributed by atoms with E-state index in [1.165, 1.54) is 0 Å². The molecule has 0 aliphatic heterocycles. The molecule has 1 amide bonds. The van der Waals surface area contributed by atoms with Crippen LogP contribution in [0.15, 0.2) is 12.7 Å². The summed E-state index contributed by atoms with van der Waals surface area (Å²) in [7, 11) is 0. The summed E-state index contributed by atoms with van der Waals surface area (Å²) in [5.41, 5.74) is 0. The molecule has 0 aromatic carbocycles. The van der Waals surface area contributed by atoms with E-state index in [-0.39, 0.29) is 17.7 Å². The van der Waals surface area contributed by atoms with Crippen molar-refractivity contribution < 1.29 is 9.59 Å². The second-order valence-electron chi connectivity index (χ2n) is 7.20. The standard InChI is InChI=1S/C20H37NO2/c1-8-10-11-20(23)21(14-15(3)12-13-17(5)22)19(7)18(6)16(4)9-2/h8,15-16,18-19H,1,9-14H2,2-7H3/t15-,16+,18-,19?/m0/s1. The molecular formula is C20H37NO2. The first-order chi connectivity index (χ1) is 10.7. The van der Waals surface area contributed by atoms with Crippen molar-refractivity contribution in [1.82, 2.24) is 4.90 Å². The van der Waals surface area contributed by atoms with Crippen LogP contribution in [0.2, 0.25) is 0 Å². The minimum atomic E-state index is 0.210. The number of ketones is 1. The molecule has 23 heavy (non-hydrogen) atoms. The number of nitrogens with zero attached hydrogens (tertiary/aromatic N) is 1. The lowest BCUT2D eigenvalue weighted by Crippen LogP contribution is -2.45. The SMILES string of the molecule is C=CCCC(=O)N(C[C@@H](C)CCC(C)=O)C(C)[C@@H](C)[C@H](C)CC. The number of hydrogen-bond acceptors (Lipinski definition) is 2. The molecule has 0 aromatic heterocycles. The van der Waals surface area contributed by atoms with Crippen molar-refractivity contribution in [2.45, 2.75) is 79.7 Å². The van der Waals surface area contributed by atoms with Crippen molar-refractivity contribution in [1.29, 1.82) is 0 Å². The highest BCUT2D eigenvalue weighted by Crippen LogP contribution is 2.24. The Morgan fingerprint density at radius 2 is 1.74 bits per heavy atom. The van der Waals surface area contributed by atoms with E-state index in [9.17, 15) is 9.59 Å². The summed E-state index contributed by atoms with van der Waals surface area (Å²) in [4.78, 5) is 25.9. The fourth-order valence-corrected chi connectivity index (χ4v) is 2.87. The van der Waals surface area contributed by atoms with Gasteiger partial charge in [-0.25, -0.2) is 0 Å². The molecule has 0 radical (unpaired) electrons. The maximum absolute atomic E-state index is 12.6. The van der Waals surface area contributed by atoms with E-state index in [2.05, 4.69) is 41.2 Å². The molecule has 0 fully saturated rings. The van der Waals surface area contributed by atoms with Crippen LogP contribution in [0, 0.1) is 17.8 Å². The van der Waals surface area contributed by atoms with Gasteiger partial charge in [-0.15, -0.1) is 6.58 Å². The van der Waals surface area contributed by atoms with Crippen molar-refractivity contribution >= 4 is 11.7 Å². The molecule has 0 saturated carbocycles. The average Bonchev–Trinajstić information content (AvgIpc) is 2.53. The zero-order valence-corrected chi connectivity index (χ0v) is 16.1. The maximum Gasteiger partial charge on any atom is 0.223 e. The zero-order chi connectivity index (χ0) is 18.0. The summed E-state index contributed by atoms with van der Waals surface area (Å²) in [5.74, 6) is 1.84. The summed E-state index contributed by atoms with van der Waals surface area (Å²) in [6, 6.07) is 0.224. The lowest BCUT2D eigenvalue weighted by Gasteiger charge is -2.37. The van der Waals surface area contributed by atoms with Gasteiger partial charge in [0.15, 0.2) is 0 Å². The molecule has 4 atom stereocenters. The third kappa shape index (κ3) is 8.34. The van der Waals surface area contributed by atoms with Crippen LogP contribution in [-0.2, 0) is 9.59 Å². The Hall–Kier alpha value is -1.12. The number of rotatable bonds is 12. The highest BCUT2D eigenvalue weighted by Gasteiger charge is 2.28. The topological polar surface area (TPSA) is 37.4 Å². The number of amides is 1. The summed E-state index contributed by atoms with van der Waals surface area (Å²) in [6.45, 7) is 17.1. The van der Waals surface area contributed by atoms with Gasteiger partial charge in [-0.2, -0.15) is 0 Å². The second-order valence-corrected chi connectivity index (χ2v) is 7.20. The van der Waals surface area contributed by atoms with Crippen LogP contribution >= 0.6 is 0 Å². The number of carbonyl (C=O) groups excluding carboxylic acids is 2. The molecule has 0 aliphatic rings. The van der Waals surface area contributed by atoms with Gasteiger partial charge in [0.05, 0.1) is 0 Å². The van der Waals surface area contributed by atoms with Gasteiger partial charge in [-0.1, -0.05) is 40.2 Å². The highest BCUT2D eigenvalue weighted by atomic mass is 16.2. The van der Waals surface area contributed by atoms with Gasteiger partial charge in [0.1, 0.15) is 5.78 Å². The Morgan fingerprint density at radius 3 is 2.22 bits per heavy atom. The maximum atomic E-state index is 12.6. The fourth-order valence-electron chi connectivity index (χ4n) is 2.87. The van der Waals surface area contributed by atoms with Crippen LogP contribution in [0.1, 0.15) is 73.6 Å². The average molecular weight is 324 g/mol. The molecule has 1 unspecified atom stereocenters. The Morgan fingerprint density at radius 1 is 1.13 bits per heavy atom. The molecule has 134 valence electrons. The van der Waals surface area contributed by atoms with E-state index in [0.29, 0.717) is 30.6 Å². The number of hydrogen-bond donors (Lipinski definition) is 0. The first-order valence-corrected chi connectivity index (χ1v) is 9.14. The Balaban J connectivity index is 4.95. The summed E-state index contributed by atoms with van der Waals surface area (Å²) >= 11 is 0. The predicted octanol–water partition coefficient (Wildman–Crippen LogP) is 4.86. The largest absolute Gasteiger partial charge is 0.339 e. The Kier molecular flexibility index (Phi) is 10.9. The monoisotopic (exact) mass is 323 g/mol. The van der Waals surface area contributed by atoms with E-state index in [1.54, 1.807) is 13.0 Å². The van der Waals surface area contributed by atoms with Gasteiger partial charge in [-0.3, -0.25) is 4.79 Å². The molecule has 0 saturated heterocycles. The van der Waals surface area contributed by atoms with Gasteiger partial charge in [0.25, 0.3) is 0 Å². The van der Waals surface area contributed by atoms with Gasteiger partial charge in [-0.05, 0) is 44.4 Å². The quantitative estimate of drug-likeness (QED) is 0.481. The normalized spacial score (nSPS) is 16.3. The van der Waals surface area contributed by atoms with Crippen molar-refractivity contribution in [3.8, 4) is 0 Å². The van der Waals surface area contributed by atoms with Gasteiger partial charge in [0.2, 0.25) is 5.91 Å². The van der Waals surface area contributed by atoms with Crippen molar-refractivity contribution in [2.24, 2.45) is 17.8 Å². The molecule has 0 aromatic rings. The molecule has 0 spiro atoms. The minimum Gasteiger partial charge on any atom is -0.339 e. The number of carbonyl (C=O) groups is 2. The number of allylic oxidation sites excluding steroid dienone is 1. The Bertz CT molecular complexity index is 378. The highest BCUT2D eigenvalue weighted by molar-refractivity contribution is 5.77. The molecule has 3 nitrogen and oxygen atoms in total. The third-order valence-corrected chi connectivity index (χ3v) is 5.17. The molecule has 0 heterocycles. The lowest BCUT2D eigenvalue weighted by atomic mass is 9.86. The Labute approximate surface area is 143 Å². The van der Waals surface area contributed by atoms with E-state index < -0.39 is 0 Å². The lowest BCUT2D eigenvalue weighted by molar-refractivity contribution is -0.135. The van der Waals surface area contributed by atoms with Crippen molar-refractivity contribution in [2.75, 3.05) is 6.54 Å². The zero-order valence-electron chi connectivity index (χ0n) is 16.1.